The molecule has 0 spiro atoms. The number of rotatable bonds is 5. The van der Waals surface area contributed by atoms with Crippen LogP contribution in [0.2, 0.25) is 0 Å². The molecule has 256 valence electrons. The third-order valence-corrected chi connectivity index (χ3v) is 11.1. The average Bonchev–Trinajstić information content (AvgIpc) is 3.91. The topological polar surface area (TPSA) is 29.5 Å². The molecule has 11 rings (SSSR count). The van der Waals surface area contributed by atoms with E-state index in [1.54, 1.807) is 0 Å². The monoisotopic (exact) mass is 698 g/mol. The van der Waals surface area contributed by atoms with Crippen molar-refractivity contribution in [2.75, 3.05) is 4.90 Å². The fourth-order valence-corrected chi connectivity index (χ4v) is 8.72. The molecule has 2 heterocycles. The molecule has 1 aliphatic carbocycles. The van der Waals surface area contributed by atoms with Crippen molar-refractivity contribution in [1.29, 1.82) is 0 Å². The van der Waals surface area contributed by atoms with Gasteiger partial charge in [0.2, 0.25) is 0 Å². The van der Waals surface area contributed by atoms with Crippen LogP contribution in [0.5, 0.6) is 0 Å². The van der Waals surface area contributed by atoms with Gasteiger partial charge in [-0.05, 0) is 81.4 Å². The van der Waals surface area contributed by atoms with E-state index in [9.17, 15) is 2.74 Å². The highest BCUT2D eigenvalue weighted by atomic mass is 16.3. The largest absolute Gasteiger partial charge is 0.456 e. The molecule has 0 aliphatic heterocycles. The van der Waals surface area contributed by atoms with Crippen LogP contribution in [0.4, 0.5) is 17.1 Å². The van der Waals surface area contributed by atoms with Gasteiger partial charge in [-0.25, -0.2) is 0 Å². The molecule has 0 bridgehead atoms. The van der Waals surface area contributed by atoms with Gasteiger partial charge in [-0.15, -0.1) is 0 Å². The van der Waals surface area contributed by atoms with E-state index in [2.05, 4.69) is 85.5 Å². The fraction of sp³-hybridized carbons (Fsp3) is 0.0588. The van der Waals surface area contributed by atoms with Gasteiger partial charge >= 0.3 is 0 Å². The molecule has 3 nitrogen and oxygen atoms in total. The van der Waals surface area contributed by atoms with Gasteiger partial charge < -0.3 is 13.7 Å². The molecule has 8 aromatic carbocycles. The van der Waals surface area contributed by atoms with Crippen molar-refractivity contribution in [3.05, 3.63) is 187 Å². The van der Waals surface area contributed by atoms with E-state index in [-0.39, 0.29) is 29.7 Å². The first kappa shape index (κ1) is 26.0. The van der Waals surface area contributed by atoms with Gasteiger partial charge in [-0.2, -0.15) is 0 Å². The van der Waals surface area contributed by atoms with E-state index < -0.39 is 11.5 Å². The smallest absolute Gasteiger partial charge is 0.143 e. The van der Waals surface area contributed by atoms with Crippen LogP contribution < -0.4 is 4.90 Å². The Morgan fingerprint density at radius 3 is 1.94 bits per heavy atom. The van der Waals surface area contributed by atoms with Crippen LogP contribution in [0.3, 0.4) is 0 Å². The lowest BCUT2D eigenvalue weighted by Crippen LogP contribution is -2.17. The number of furan rings is 2. The lowest BCUT2D eigenvalue weighted by molar-refractivity contribution is 0.660. The molecule has 1 aliphatic rings. The highest BCUT2D eigenvalue weighted by Gasteiger charge is 2.38. The van der Waals surface area contributed by atoms with Crippen LogP contribution in [-0.2, 0) is 5.41 Å². The van der Waals surface area contributed by atoms with Crippen molar-refractivity contribution in [1.82, 2.24) is 0 Å². The number of fused-ring (bicyclic) bond motifs is 9. The van der Waals surface area contributed by atoms with Gasteiger partial charge in [0, 0.05) is 27.4 Å². The Balaban J connectivity index is 1.30. The van der Waals surface area contributed by atoms with Crippen molar-refractivity contribution in [3.8, 4) is 33.4 Å². The third kappa shape index (κ3) is 4.42. The molecule has 3 heteroatoms. The molecule has 54 heavy (non-hydrogen) atoms. The molecule has 0 unspecified atom stereocenters. The van der Waals surface area contributed by atoms with Gasteiger partial charge in [0.1, 0.15) is 22.3 Å². The maximum absolute atomic E-state index is 9.26. The van der Waals surface area contributed by atoms with Gasteiger partial charge in [0.15, 0.2) is 0 Å². The summed E-state index contributed by atoms with van der Waals surface area (Å²) in [6.45, 7) is 4.38. The van der Waals surface area contributed by atoms with Gasteiger partial charge in [-0.1, -0.05) is 147 Å². The Kier molecular flexibility index (Phi) is 5.58. The second-order valence-electron chi connectivity index (χ2n) is 14.5. The second kappa shape index (κ2) is 11.6. The predicted octanol–water partition coefficient (Wildman–Crippen LogP) is 14.6. The Morgan fingerprint density at radius 2 is 1.13 bits per heavy atom. The molecular formula is C51H35NO2. The molecule has 0 fully saturated rings. The van der Waals surface area contributed by atoms with Crippen LogP contribution in [0.25, 0.3) is 77.3 Å². The Bertz CT molecular complexity index is 3350. The maximum atomic E-state index is 9.26. The number of para-hydroxylation sites is 2. The van der Waals surface area contributed by atoms with Crippen LogP contribution in [0, 0.1) is 0 Å². The van der Waals surface area contributed by atoms with E-state index in [0.29, 0.717) is 5.56 Å². The summed E-state index contributed by atoms with van der Waals surface area (Å²) in [5.41, 5.74) is 11.6. The van der Waals surface area contributed by atoms with Crippen molar-refractivity contribution in [3.63, 3.8) is 0 Å². The van der Waals surface area contributed by atoms with E-state index in [1.807, 2.05) is 78.9 Å². The van der Waals surface area contributed by atoms with Crippen molar-refractivity contribution in [2.45, 2.75) is 19.3 Å². The zero-order valence-corrected chi connectivity index (χ0v) is 29.6. The maximum Gasteiger partial charge on any atom is 0.143 e. The molecular weight excluding hydrogens is 659 g/mol. The average molecular weight is 699 g/mol. The summed E-state index contributed by atoms with van der Waals surface area (Å²) in [5, 5.41) is 3.74. The van der Waals surface area contributed by atoms with Crippen LogP contribution in [0.1, 0.15) is 31.8 Å². The highest BCUT2D eigenvalue weighted by Crippen LogP contribution is 2.56. The van der Waals surface area contributed by atoms with E-state index >= 15 is 0 Å². The van der Waals surface area contributed by atoms with Gasteiger partial charge in [0.05, 0.1) is 29.0 Å². The van der Waals surface area contributed by atoms with E-state index in [0.717, 1.165) is 94.3 Å². The molecule has 0 atom stereocenters. The molecule has 0 radical (unpaired) electrons. The van der Waals surface area contributed by atoms with Crippen molar-refractivity contribution in [2.24, 2.45) is 0 Å². The first-order valence-electron chi connectivity index (χ1n) is 20.7. The molecule has 0 N–H and O–H groups in total. The lowest BCUT2D eigenvalue weighted by atomic mass is 9.81. The van der Waals surface area contributed by atoms with Crippen molar-refractivity contribution >= 4 is 60.9 Å². The molecule has 0 saturated carbocycles. The number of anilines is 3. The normalized spacial score (nSPS) is 14.4. The standard InChI is InChI=1S/C51H35NO2/c1-51(2)40-24-11-9-20-36(40)47-39(33-18-7-4-8-19-33)30-34(31-41(47)51)52(42-25-14-28-45-48(42)37-21-10-12-27-44(37)53-45)43-26-15-29-46-49(43)38-23-13-22-35(50(38)54-46)32-16-5-3-6-17-32/h3-31H,1-2H3/i4D,7D,8D,18D,19D. The molecule has 2 aromatic heterocycles. The van der Waals surface area contributed by atoms with Crippen LogP contribution >= 0.6 is 0 Å². The lowest BCUT2D eigenvalue weighted by Gasteiger charge is -2.30. The summed E-state index contributed by atoms with van der Waals surface area (Å²) in [4.78, 5) is 2.23. The summed E-state index contributed by atoms with van der Waals surface area (Å²) in [7, 11) is 0. The molecule has 10 aromatic rings. The number of hydrogen-bond acceptors (Lipinski definition) is 3. The van der Waals surface area contributed by atoms with Crippen LogP contribution in [-0.4, -0.2) is 0 Å². The quantitative estimate of drug-likeness (QED) is 0.179. The van der Waals surface area contributed by atoms with E-state index in [4.69, 9.17) is 12.9 Å². The minimum absolute atomic E-state index is 0.160. The summed E-state index contributed by atoms with van der Waals surface area (Å²) in [5.74, 6) is 0. The zero-order valence-electron chi connectivity index (χ0n) is 34.6. The first-order valence-corrected chi connectivity index (χ1v) is 18.2. The minimum Gasteiger partial charge on any atom is -0.456 e. The van der Waals surface area contributed by atoms with Gasteiger partial charge in [0.25, 0.3) is 0 Å². The fourth-order valence-electron chi connectivity index (χ4n) is 8.72. The summed E-state index contributed by atoms with van der Waals surface area (Å²) in [6, 6.07) is 47.5. The molecule has 0 saturated heterocycles. The summed E-state index contributed by atoms with van der Waals surface area (Å²) in [6.07, 6.45) is 0. The number of hydrogen-bond donors (Lipinski definition) is 0. The van der Waals surface area contributed by atoms with Crippen molar-refractivity contribution < 1.29 is 15.7 Å². The second-order valence-corrected chi connectivity index (χ2v) is 14.5. The summed E-state index contributed by atoms with van der Waals surface area (Å²) >= 11 is 0. The molecule has 0 amide bonds. The number of benzene rings is 8. The van der Waals surface area contributed by atoms with Gasteiger partial charge in [-0.3, -0.25) is 0 Å². The number of nitrogens with zero attached hydrogens (tertiary/aromatic N) is 1. The predicted molar refractivity (Wildman–Crippen MR) is 224 cm³/mol. The third-order valence-electron chi connectivity index (χ3n) is 11.1. The SMILES string of the molecule is [2H]c1c([2H])c([2H])c(-c2cc(N(c3cccc4oc5ccccc5c34)c3cccc4oc5c(-c6ccccc6)cccc5c34)cc3c2-c2ccccc2C3(C)C)c([2H])c1[2H]. The summed E-state index contributed by atoms with van der Waals surface area (Å²) < 4.78 is 57.8. The first-order chi connectivity index (χ1) is 28.6. The zero-order chi connectivity index (χ0) is 40.3. The highest BCUT2D eigenvalue weighted by molar-refractivity contribution is 6.19. The minimum atomic E-state index is -0.497. The van der Waals surface area contributed by atoms with Crippen LogP contribution in [0.15, 0.2) is 185 Å². The Morgan fingerprint density at radius 1 is 0.500 bits per heavy atom. The Labute approximate surface area is 320 Å². The Hall–Kier alpha value is -6.84. The van der Waals surface area contributed by atoms with E-state index in [1.165, 1.54) is 0 Å².